The highest BCUT2D eigenvalue weighted by Gasteiger charge is 2.38. The third kappa shape index (κ3) is 5.88. The predicted molar refractivity (Wildman–Crippen MR) is 130 cm³/mol. The molecule has 9 nitrogen and oxygen atoms in total. The number of carbonyl (C=O) groups is 3. The second-order valence-corrected chi connectivity index (χ2v) is 9.10. The topological polar surface area (TPSA) is 94.2 Å². The molecule has 1 unspecified atom stereocenters. The zero-order chi connectivity index (χ0) is 24.8. The van der Waals surface area contributed by atoms with Crippen molar-refractivity contribution in [2.45, 2.75) is 46.2 Å². The summed E-state index contributed by atoms with van der Waals surface area (Å²) < 4.78 is 5.43. The van der Waals surface area contributed by atoms with Crippen LogP contribution in [0.15, 0.2) is 35.5 Å². The van der Waals surface area contributed by atoms with Crippen molar-refractivity contribution in [3.8, 4) is 0 Å². The minimum absolute atomic E-state index is 0.0583. The molecule has 4 amide bonds. The molecule has 186 valence electrons. The number of urea groups is 2. The van der Waals surface area contributed by atoms with E-state index >= 15 is 0 Å². The number of rotatable bonds is 6. The number of nitrogens with one attached hydrogen (secondary N) is 2. The molecule has 9 heteroatoms. The molecule has 0 saturated carbocycles. The van der Waals surface area contributed by atoms with Crippen LogP contribution in [0, 0.1) is 6.92 Å². The Bertz CT molecular complexity index is 945. The van der Waals surface area contributed by atoms with Crippen molar-refractivity contribution < 1.29 is 19.1 Å². The molecule has 2 N–H and O–H groups in total. The fourth-order valence-corrected chi connectivity index (χ4v) is 4.42. The van der Waals surface area contributed by atoms with Crippen molar-refractivity contribution in [3.63, 3.8) is 0 Å². The fourth-order valence-electron chi connectivity index (χ4n) is 4.42. The van der Waals surface area contributed by atoms with Gasteiger partial charge in [0.25, 0.3) is 0 Å². The van der Waals surface area contributed by atoms with Crippen LogP contribution in [0.4, 0.5) is 9.59 Å². The number of hydrogen-bond donors (Lipinski definition) is 2. The summed E-state index contributed by atoms with van der Waals surface area (Å²) >= 11 is 0. The van der Waals surface area contributed by atoms with Gasteiger partial charge >= 0.3 is 18.0 Å². The lowest BCUT2D eigenvalue weighted by Gasteiger charge is -2.37. The number of benzene rings is 1. The summed E-state index contributed by atoms with van der Waals surface area (Å²) in [5, 5.41) is 5.93. The molecule has 34 heavy (non-hydrogen) atoms. The Kier molecular flexibility index (Phi) is 8.55. The Morgan fingerprint density at radius 2 is 1.91 bits per heavy atom. The molecule has 2 aliphatic rings. The van der Waals surface area contributed by atoms with E-state index < -0.39 is 12.0 Å². The monoisotopic (exact) mass is 471 g/mol. The Balaban J connectivity index is 1.91. The third-order valence-electron chi connectivity index (χ3n) is 6.23. The molecule has 1 atom stereocenters. The lowest BCUT2D eigenvalue weighted by atomic mass is 9.91. The number of hydrogen-bond acceptors (Lipinski definition) is 5. The highest BCUT2D eigenvalue weighted by molar-refractivity contribution is 5.95. The molecule has 0 aromatic heterocycles. The first kappa shape index (κ1) is 25.6. The van der Waals surface area contributed by atoms with Crippen molar-refractivity contribution in [3.05, 3.63) is 46.7 Å². The normalized spacial score (nSPS) is 19.7. The Morgan fingerprint density at radius 3 is 2.59 bits per heavy atom. The summed E-state index contributed by atoms with van der Waals surface area (Å²) in [6, 6.07) is 6.91. The summed E-state index contributed by atoms with van der Waals surface area (Å²) in [6.45, 7) is 11.0. The summed E-state index contributed by atoms with van der Waals surface area (Å²) in [5.41, 5.74) is 2.95. The van der Waals surface area contributed by atoms with Crippen LogP contribution in [-0.4, -0.2) is 85.2 Å². The molecule has 2 aliphatic heterocycles. The molecule has 3 rings (SSSR count). The number of ether oxygens (including phenoxy) is 1. The van der Waals surface area contributed by atoms with E-state index in [-0.39, 0.29) is 24.7 Å². The SMILES string of the molecule is CCOC(=O)C1=C(CN2CCCN(C(=O)NC(C)C)CC2)N(C)C(=O)NC1c1ccccc1C. The van der Waals surface area contributed by atoms with Crippen LogP contribution >= 0.6 is 0 Å². The van der Waals surface area contributed by atoms with Gasteiger partial charge in [0.1, 0.15) is 0 Å². The van der Waals surface area contributed by atoms with Crippen molar-refractivity contribution in [2.75, 3.05) is 46.4 Å². The smallest absolute Gasteiger partial charge is 0.338 e. The van der Waals surface area contributed by atoms with Crippen LogP contribution in [0.25, 0.3) is 0 Å². The van der Waals surface area contributed by atoms with E-state index in [1.165, 1.54) is 4.90 Å². The first-order valence-corrected chi connectivity index (χ1v) is 12.0. The molecule has 1 saturated heterocycles. The van der Waals surface area contributed by atoms with E-state index in [1.807, 2.05) is 49.9 Å². The Morgan fingerprint density at radius 1 is 1.18 bits per heavy atom. The van der Waals surface area contributed by atoms with Gasteiger partial charge in [-0.3, -0.25) is 9.80 Å². The number of aryl methyl sites for hydroxylation is 1. The first-order valence-electron chi connectivity index (χ1n) is 12.0. The minimum Gasteiger partial charge on any atom is -0.463 e. The van der Waals surface area contributed by atoms with E-state index in [2.05, 4.69) is 15.5 Å². The van der Waals surface area contributed by atoms with E-state index in [1.54, 1.807) is 14.0 Å². The van der Waals surface area contributed by atoms with Gasteiger partial charge in [-0.15, -0.1) is 0 Å². The quantitative estimate of drug-likeness (QED) is 0.622. The van der Waals surface area contributed by atoms with Crippen LogP contribution in [-0.2, 0) is 9.53 Å². The predicted octanol–water partition coefficient (Wildman–Crippen LogP) is 2.63. The molecular formula is C25H37N5O4. The zero-order valence-electron chi connectivity index (χ0n) is 20.9. The van der Waals surface area contributed by atoms with Crippen LogP contribution in [0.2, 0.25) is 0 Å². The summed E-state index contributed by atoms with van der Waals surface area (Å²) in [5.74, 6) is -0.426. The maximum atomic E-state index is 13.2. The van der Waals surface area contributed by atoms with Gasteiger partial charge in [-0.2, -0.15) is 0 Å². The maximum Gasteiger partial charge on any atom is 0.338 e. The second kappa shape index (κ2) is 11.4. The Labute approximate surface area is 202 Å². The van der Waals surface area contributed by atoms with Crippen LogP contribution in [0.5, 0.6) is 0 Å². The highest BCUT2D eigenvalue weighted by Crippen LogP contribution is 2.33. The standard InChI is InChI=1S/C25H37N5O4/c1-6-34-23(31)21-20(16-29-12-9-13-30(15-14-29)25(33)26-17(2)3)28(5)24(32)27-22(21)19-11-8-7-10-18(19)4/h7-8,10-11,17,22H,6,9,12-16H2,1-5H3,(H,26,33)(H,27,32). The van der Waals surface area contributed by atoms with Crippen molar-refractivity contribution in [2.24, 2.45) is 0 Å². The number of carbonyl (C=O) groups excluding carboxylic acids is 3. The molecule has 1 fully saturated rings. The molecular weight excluding hydrogens is 434 g/mol. The van der Waals surface area contributed by atoms with Gasteiger partial charge in [0, 0.05) is 51.5 Å². The lowest BCUT2D eigenvalue weighted by Crippen LogP contribution is -2.50. The van der Waals surface area contributed by atoms with Crippen LogP contribution < -0.4 is 10.6 Å². The van der Waals surface area contributed by atoms with E-state index in [9.17, 15) is 14.4 Å². The Hall–Kier alpha value is -3.07. The zero-order valence-corrected chi connectivity index (χ0v) is 20.9. The van der Waals surface area contributed by atoms with Gasteiger partial charge in [0.15, 0.2) is 0 Å². The summed E-state index contributed by atoms with van der Waals surface area (Å²) in [7, 11) is 1.68. The molecule has 0 aliphatic carbocycles. The average Bonchev–Trinajstić information content (AvgIpc) is 3.02. The number of likely N-dealkylation sites (N-methyl/N-ethyl adjacent to an activating group) is 1. The maximum absolute atomic E-state index is 13.2. The number of amides is 4. The molecule has 0 bridgehead atoms. The van der Waals surface area contributed by atoms with E-state index in [4.69, 9.17) is 4.74 Å². The molecule has 1 aromatic rings. The molecule has 2 heterocycles. The van der Waals surface area contributed by atoms with Crippen molar-refractivity contribution in [1.29, 1.82) is 0 Å². The summed E-state index contributed by atoms with van der Waals surface area (Å²) in [4.78, 5) is 44.1. The largest absolute Gasteiger partial charge is 0.463 e. The molecule has 1 aromatic carbocycles. The van der Waals surface area contributed by atoms with Gasteiger partial charge in [-0.25, -0.2) is 14.4 Å². The third-order valence-corrected chi connectivity index (χ3v) is 6.23. The second-order valence-electron chi connectivity index (χ2n) is 9.10. The van der Waals surface area contributed by atoms with Gasteiger partial charge in [-0.1, -0.05) is 24.3 Å². The fraction of sp³-hybridized carbons (Fsp3) is 0.560. The molecule has 0 spiro atoms. The average molecular weight is 472 g/mol. The first-order chi connectivity index (χ1) is 16.2. The van der Waals surface area contributed by atoms with E-state index in [0.29, 0.717) is 37.4 Å². The van der Waals surface area contributed by atoms with Gasteiger partial charge in [0.05, 0.1) is 18.2 Å². The summed E-state index contributed by atoms with van der Waals surface area (Å²) in [6.07, 6.45) is 0.810. The lowest BCUT2D eigenvalue weighted by molar-refractivity contribution is -0.139. The number of nitrogens with zero attached hydrogens (tertiary/aromatic N) is 3. The van der Waals surface area contributed by atoms with Crippen molar-refractivity contribution in [1.82, 2.24) is 25.3 Å². The van der Waals surface area contributed by atoms with E-state index in [0.717, 1.165) is 24.1 Å². The molecule has 0 radical (unpaired) electrons. The van der Waals surface area contributed by atoms with Gasteiger partial charge in [0.2, 0.25) is 0 Å². The minimum atomic E-state index is -0.584. The van der Waals surface area contributed by atoms with Gasteiger partial charge < -0.3 is 20.3 Å². The van der Waals surface area contributed by atoms with Gasteiger partial charge in [-0.05, 0) is 45.2 Å². The van der Waals surface area contributed by atoms with Crippen LogP contribution in [0.3, 0.4) is 0 Å². The van der Waals surface area contributed by atoms with Crippen molar-refractivity contribution >= 4 is 18.0 Å². The highest BCUT2D eigenvalue weighted by atomic mass is 16.5. The number of esters is 1. The van der Waals surface area contributed by atoms with Crippen LogP contribution in [0.1, 0.15) is 44.4 Å².